The van der Waals surface area contributed by atoms with Crippen LogP contribution in [0.1, 0.15) is 31.9 Å². The minimum Gasteiger partial charge on any atom is -0.309 e. The molecule has 0 bridgehead atoms. The molecule has 1 N–H and O–H groups in total. The van der Waals surface area contributed by atoms with Gasteiger partial charge in [-0.3, -0.25) is 4.90 Å². The van der Waals surface area contributed by atoms with Gasteiger partial charge in [0.25, 0.3) is 0 Å². The Balaban J connectivity index is 2.21. The van der Waals surface area contributed by atoms with Crippen LogP contribution in [0, 0.1) is 0 Å². The number of rotatable bonds is 2. The molecule has 5 heteroatoms. The second-order valence-electron chi connectivity index (χ2n) is 6.17. The number of halogens is 3. The van der Waals surface area contributed by atoms with Crippen LogP contribution in [-0.2, 0) is 12.7 Å². The highest BCUT2D eigenvalue weighted by molar-refractivity contribution is 5.29. The molecule has 0 radical (unpaired) electrons. The standard InChI is InChI=1S/C15H21F3N2/c1-11-8-19-14(2,3)10-20(11)9-12-6-4-5-7-13(12)15(16,17)18/h4-7,11,19H,8-10H2,1-3H3. The van der Waals surface area contributed by atoms with Crippen LogP contribution < -0.4 is 5.32 Å². The first kappa shape index (κ1) is 15.3. The van der Waals surface area contributed by atoms with E-state index in [1.165, 1.54) is 6.07 Å². The monoisotopic (exact) mass is 286 g/mol. The number of hydrogen-bond acceptors (Lipinski definition) is 2. The van der Waals surface area contributed by atoms with E-state index in [2.05, 4.69) is 24.1 Å². The van der Waals surface area contributed by atoms with Crippen molar-refractivity contribution in [2.45, 2.75) is 45.1 Å². The van der Waals surface area contributed by atoms with Crippen molar-refractivity contribution in [3.63, 3.8) is 0 Å². The predicted octanol–water partition coefficient (Wildman–Crippen LogP) is 3.28. The SMILES string of the molecule is CC1CNC(C)(C)CN1Cc1ccccc1C(F)(F)F. The number of nitrogens with one attached hydrogen (secondary N) is 1. The van der Waals surface area contributed by atoms with Crippen LogP contribution in [0.2, 0.25) is 0 Å². The van der Waals surface area contributed by atoms with E-state index >= 15 is 0 Å². The third-order valence-electron chi connectivity index (χ3n) is 3.79. The first-order valence-electron chi connectivity index (χ1n) is 6.83. The van der Waals surface area contributed by atoms with E-state index in [4.69, 9.17) is 0 Å². The molecule has 0 amide bonds. The molecule has 1 aromatic carbocycles. The second kappa shape index (κ2) is 5.37. The van der Waals surface area contributed by atoms with E-state index in [9.17, 15) is 13.2 Å². The van der Waals surface area contributed by atoms with E-state index in [0.717, 1.165) is 19.2 Å². The topological polar surface area (TPSA) is 15.3 Å². The number of hydrogen-bond donors (Lipinski definition) is 1. The lowest BCUT2D eigenvalue weighted by atomic mass is 9.97. The van der Waals surface area contributed by atoms with Crippen molar-refractivity contribution in [1.82, 2.24) is 10.2 Å². The van der Waals surface area contributed by atoms with E-state index in [-0.39, 0.29) is 11.6 Å². The Morgan fingerprint density at radius 2 is 1.95 bits per heavy atom. The Labute approximate surface area is 118 Å². The van der Waals surface area contributed by atoms with Crippen LogP contribution in [-0.4, -0.2) is 29.6 Å². The highest BCUT2D eigenvalue weighted by Crippen LogP contribution is 2.33. The fourth-order valence-corrected chi connectivity index (χ4v) is 2.64. The van der Waals surface area contributed by atoms with Crippen LogP contribution in [0.5, 0.6) is 0 Å². The zero-order valence-electron chi connectivity index (χ0n) is 12.1. The Hall–Kier alpha value is -1.07. The number of benzene rings is 1. The second-order valence-corrected chi connectivity index (χ2v) is 6.17. The van der Waals surface area contributed by atoms with Crippen molar-refractivity contribution in [3.8, 4) is 0 Å². The van der Waals surface area contributed by atoms with Gasteiger partial charge in [-0.15, -0.1) is 0 Å². The zero-order valence-corrected chi connectivity index (χ0v) is 12.1. The van der Waals surface area contributed by atoms with Gasteiger partial charge in [0.15, 0.2) is 0 Å². The Morgan fingerprint density at radius 3 is 2.60 bits per heavy atom. The predicted molar refractivity (Wildman–Crippen MR) is 73.4 cm³/mol. The summed E-state index contributed by atoms with van der Waals surface area (Å²) in [5.74, 6) is 0. The van der Waals surface area contributed by atoms with Crippen LogP contribution in [0.15, 0.2) is 24.3 Å². The van der Waals surface area contributed by atoms with Gasteiger partial charge in [-0.1, -0.05) is 18.2 Å². The quantitative estimate of drug-likeness (QED) is 0.897. The third-order valence-corrected chi connectivity index (χ3v) is 3.79. The van der Waals surface area contributed by atoms with Gasteiger partial charge in [0, 0.05) is 31.2 Å². The average molecular weight is 286 g/mol. The first-order chi connectivity index (χ1) is 9.19. The van der Waals surface area contributed by atoms with Crippen molar-refractivity contribution >= 4 is 0 Å². The van der Waals surface area contributed by atoms with E-state index in [1.54, 1.807) is 12.1 Å². The molecule has 0 spiro atoms. The summed E-state index contributed by atoms with van der Waals surface area (Å²) in [6.07, 6.45) is -4.29. The van der Waals surface area contributed by atoms with Gasteiger partial charge in [-0.2, -0.15) is 13.2 Å². The fraction of sp³-hybridized carbons (Fsp3) is 0.600. The summed E-state index contributed by atoms with van der Waals surface area (Å²) in [5, 5.41) is 3.40. The number of piperazine rings is 1. The van der Waals surface area contributed by atoms with Crippen LogP contribution >= 0.6 is 0 Å². The summed E-state index contributed by atoms with van der Waals surface area (Å²) in [7, 11) is 0. The third kappa shape index (κ3) is 3.52. The molecule has 20 heavy (non-hydrogen) atoms. The molecule has 0 saturated carbocycles. The molecule has 1 heterocycles. The van der Waals surface area contributed by atoms with E-state index in [1.807, 2.05) is 6.92 Å². The van der Waals surface area contributed by atoms with Gasteiger partial charge in [-0.05, 0) is 32.4 Å². The van der Waals surface area contributed by atoms with Crippen molar-refractivity contribution in [3.05, 3.63) is 35.4 Å². The highest BCUT2D eigenvalue weighted by atomic mass is 19.4. The molecule has 1 saturated heterocycles. The maximum absolute atomic E-state index is 13.0. The highest BCUT2D eigenvalue weighted by Gasteiger charge is 2.35. The number of nitrogens with zero attached hydrogens (tertiary/aromatic N) is 1. The molecular weight excluding hydrogens is 265 g/mol. The number of alkyl halides is 3. The fourth-order valence-electron chi connectivity index (χ4n) is 2.64. The summed E-state index contributed by atoms with van der Waals surface area (Å²) < 4.78 is 39.1. The van der Waals surface area contributed by atoms with Crippen LogP contribution in [0.4, 0.5) is 13.2 Å². The molecule has 1 fully saturated rings. The molecule has 1 aromatic rings. The molecule has 1 atom stereocenters. The lowest BCUT2D eigenvalue weighted by Crippen LogP contribution is -2.60. The largest absolute Gasteiger partial charge is 0.416 e. The molecule has 112 valence electrons. The molecule has 0 aromatic heterocycles. The smallest absolute Gasteiger partial charge is 0.309 e. The van der Waals surface area contributed by atoms with E-state index < -0.39 is 11.7 Å². The van der Waals surface area contributed by atoms with Gasteiger partial charge in [0.2, 0.25) is 0 Å². The zero-order chi connectivity index (χ0) is 15.0. The van der Waals surface area contributed by atoms with Gasteiger partial charge in [0.1, 0.15) is 0 Å². The Morgan fingerprint density at radius 1 is 1.30 bits per heavy atom. The van der Waals surface area contributed by atoms with Gasteiger partial charge in [0.05, 0.1) is 5.56 Å². The Kier molecular flexibility index (Phi) is 4.12. The van der Waals surface area contributed by atoms with E-state index in [0.29, 0.717) is 12.1 Å². The lowest BCUT2D eigenvalue weighted by Gasteiger charge is -2.43. The Bertz CT molecular complexity index is 468. The van der Waals surface area contributed by atoms with Crippen molar-refractivity contribution in [2.75, 3.05) is 13.1 Å². The van der Waals surface area contributed by atoms with Crippen molar-refractivity contribution in [1.29, 1.82) is 0 Å². The summed E-state index contributed by atoms with van der Waals surface area (Å²) in [6, 6.07) is 6.07. The molecule has 1 unspecified atom stereocenters. The van der Waals surface area contributed by atoms with Crippen molar-refractivity contribution < 1.29 is 13.2 Å². The minimum absolute atomic E-state index is 0.0698. The normalized spacial score (nSPS) is 23.8. The molecule has 2 nitrogen and oxygen atoms in total. The lowest BCUT2D eigenvalue weighted by molar-refractivity contribution is -0.138. The summed E-state index contributed by atoms with van der Waals surface area (Å²) in [4.78, 5) is 2.11. The molecule has 1 aliphatic rings. The molecular formula is C15H21F3N2. The summed E-state index contributed by atoms with van der Waals surface area (Å²) in [6.45, 7) is 8.05. The summed E-state index contributed by atoms with van der Waals surface area (Å²) in [5.41, 5.74) is -0.243. The maximum atomic E-state index is 13.0. The maximum Gasteiger partial charge on any atom is 0.416 e. The summed E-state index contributed by atoms with van der Waals surface area (Å²) >= 11 is 0. The molecule has 1 aliphatic heterocycles. The minimum atomic E-state index is -4.29. The molecule has 2 rings (SSSR count). The molecule has 0 aliphatic carbocycles. The van der Waals surface area contributed by atoms with Crippen molar-refractivity contribution in [2.24, 2.45) is 0 Å². The van der Waals surface area contributed by atoms with Crippen LogP contribution in [0.3, 0.4) is 0 Å². The average Bonchev–Trinajstić information content (AvgIpc) is 2.33. The van der Waals surface area contributed by atoms with Gasteiger partial charge >= 0.3 is 6.18 Å². The van der Waals surface area contributed by atoms with Crippen LogP contribution in [0.25, 0.3) is 0 Å². The van der Waals surface area contributed by atoms with Gasteiger partial charge in [-0.25, -0.2) is 0 Å². The van der Waals surface area contributed by atoms with Gasteiger partial charge < -0.3 is 5.32 Å². The first-order valence-corrected chi connectivity index (χ1v) is 6.83.